The van der Waals surface area contributed by atoms with Crippen molar-refractivity contribution in [2.24, 2.45) is 0 Å². The minimum absolute atomic E-state index is 0.101. The van der Waals surface area contributed by atoms with Crippen LogP contribution in [0.2, 0.25) is 0 Å². The van der Waals surface area contributed by atoms with Crippen LogP contribution in [-0.2, 0) is 14.3 Å². The molecule has 1 N–H and O–H groups in total. The molecule has 5 nitrogen and oxygen atoms in total. The number of carbonyl (C=O) groups excluding carboxylic acids is 1. The lowest BCUT2D eigenvalue weighted by Crippen LogP contribution is -2.35. The number of fused-ring (bicyclic) bond motifs is 2. The summed E-state index contributed by atoms with van der Waals surface area (Å²) >= 11 is 0. The highest BCUT2D eigenvalue weighted by Gasteiger charge is 2.33. The zero-order chi connectivity index (χ0) is 26.0. The Kier molecular flexibility index (Phi) is 15.5. The molecule has 0 aromatic heterocycles. The number of aliphatic carboxylic acids is 1. The number of hydrogen-bond donors (Lipinski definition) is 1. The Balaban J connectivity index is 0.000000416. The predicted octanol–water partition coefficient (Wildman–Crippen LogP) is 7.73. The van der Waals surface area contributed by atoms with Crippen LogP contribution in [0.15, 0.2) is 30.3 Å². The fraction of sp³-hybridized carbons (Fsp3) is 0.742. The van der Waals surface area contributed by atoms with E-state index in [1.165, 1.54) is 83.5 Å². The van der Waals surface area contributed by atoms with E-state index in [2.05, 4.69) is 18.9 Å². The van der Waals surface area contributed by atoms with Gasteiger partial charge in [0.15, 0.2) is 0 Å². The molecule has 0 radical (unpaired) electrons. The van der Waals surface area contributed by atoms with Gasteiger partial charge in [0, 0.05) is 18.5 Å². The Bertz CT molecular complexity index is 707. The fourth-order valence-electron chi connectivity index (χ4n) is 5.55. The monoisotopic (exact) mass is 501 g/mol. The van der Waals surface area contributed by atoms with Gasteiger partial charge < -0.3 is 14.7 Å². The molecule has 5 heteroatoms. The second-order valence-electron chi connectivity index (χ2n) is 10.8. The number of rotatable bonds is 16. The molecule has 2 heterocycles. The number of hydrogen-bond acceptors (Lipinski definition) is 4. The molecule has 3 rings (SSSR count). The average Bonchev–Trinajstić information content (AvgIpc) is 3.07. The Morgan fingerprint density at radius 2 is 1.39 bits per heavy atom. The van der Waals surface area contributed by atoms with Crippen molar-refractivity contribution in [3.8, 4) is 0 Å². The number of carboxylic acids is 1. The van der Waals surface area contributed by atoms with Gasteiger partial charge in [-0.2, -0.15) is 0 Å². The molecule has 1 aromatic carbocycles. The maximum Gasteiger partial charge on any atom is 0.314 e. The molecule has 204 valence electrons. The molecular formula is C31H51NO4. The van der Waals surface area contributed by atoms with E-state index < -0.39 is 11.9 Å². The molecule has 2 fully saturated rings. The largest absolute Gasteiger partial charge is 0.481 e. The summed E-state index contributed by atoms with van der Waals surface area (Å²) in [6.45, 7) is 2.14. The van der Waals surface area contributed by atoms with Gasteiger partial charge in [0.05, 0.1) is 0 Å². The standard InChI is InChI=1S/C23H36O4.C8H15N/c1-2-3-4-5-6-7-8-9-10-11-15-18-22(24)27-19-21(23(25)26)20-16-13-12-14-17-20;1-9-7-3-2-4-8(9)6-5-7/h12-14,16-17,21H,2-11,15,18-19H2,1H3,(H,25,26);7-8H,2-6H2,1H3. The Hall–Kier alpha value is -1.88. The molecule has 3 atom stereocenters. The number of esters is 1. The summed E-state index contributed by atoms with van der Waals surface area (Å²) in [4.78, 5) is 25.8. The van der Waals surface area contributed by atoms with Gasteiger partial charge in [-0.3, -0.25) is 9.59 Å². The number of carboxylic acid groups (broad SMARTS) is 1. The second kappa shape index (κ2) is 18.4. The van der Waals surface area contributed by atoms with Crippen LogP contribution in [0.25, 0.3) is 0 Å². The van der Waals surface area contributed by atoms with Gasteiger partial charge in [0.2, 0.25) is 0 Å². The van der Waals surface area contributed by atoms with Gasteiger partial charge in [-0.1, -0.05) is 108 Å². The molecule has 0 aliphatic carbocycles. The van der Waals surface area contributed by atoms with E-state index in [9.17, 15) is 14.7 Å². The van der Waals surface area contributed by atoms with Gasteiger partial charge in [0.1, 0.15) is 12.5 Å². The lowest BCUT2D eigenvalue weighted by Gasteiger charge is -2.30. The Morgan fingerprint density at radius 3 is 1.89 bits per heavy atom. The number of nitrogens with zero attached hydrogens (tertiary/aromatic N) is 1. The van der Waals surface area contributed by atoms with Crippen molar-refractivity contribution in [2.75, 3.05) is 13.7 Å². The molecule has 2 bridgehead atoms. The molecule has 0 spiro atoms. The van der Waals surface area contributed by atoms with Crippen molar-refractivity contribution in [2.45, 2.75) is 134 Å². The summed E-state index contributed by atoms with van der Waals surface area (Å²) in [7, 11) is 2.29. The normalized spacial score (nSPS) is 19.8. The van der Waals surface area contributed by atoms with Crippen molar-refractivity contribution in [1.82, 2.24) is 4.90 Å². The Morgan fingerprint density at radius 1 is 0.861 bits per heavy atom. The van der Waals surface area contributed by atoms with Crippen molar-refractivity contribution < 1.29 is 19.4 Å². The second-order valence-corrected chi connectivity index (χ2v) is 10.8. The summed E-state index contributed by atoms with van der Waals surface area (Å²) in [6.07, 6.45) is 21.3. The van der Waals surface area contributed by atoms with E-state index >= 15 is 0 Å². The van der Waals surface area contributed by atoms with Crippen LogP contribution in [-0.4, -0.2) is 47.7 Å². The fourth-order valence-corrected chi connectivity index (χ4v) is 5.55. The number of ether oxygens (including phenoxy) is 1. The van der Waals surface area contributed by atoms with Gasteiger partial charge in [-0.25, -0.2) is 0 Å². The number of benzene rings is 1. The maximum atomic E-state index is 11.8. The molecule has 0 amide bonds. The van der Waals surface area contributed by atoms with E-state index in [1.54, 1.807) is 24.3 Å². The molecule has 3 unspecified atom stereocenters. The van der Waals surface area contributed by atoms with Crippen molar-refractivity contribution in [1.29, 1.82) is 0 Å². The Labute approximate surface area is 220 Å². The molecule has 2 aliphatic rings. The van der Waals surface area contributed by atoms with E-state index in [4.69, 9.17) is 4.74 Å². The molecule has 1 aromatic rings. The minimum Gasteiger partial charge on any atom is -0.481 e. The molecule has 36 heavy (non-hydrogen) atoms. The highest BCUT2D eigenvalue weighted by molar-refractivity contribution is 5.77. The summed E-state index contributed by atoms with van der Waals surface area (Å²) < 4.78 is 5.19. The summed E-state index contributed by atoms with van der Waals surface area (Å²) in [6, 6.07) is 10.8. The van der Waals surface area contributed by atoms with Crippen LogP contribution in [0.1, 0.15) is 128 Å². The van der Waals surface area contributed by atoms with Crippen molar-refractivity contribution >= 4 is 11.9 Å². The highest BCUT2D eigenvalue weighted by Crippen LogP contribution is 2.33. The molecular weight excluding hydrogens is 450 g/mol. The predicted molar refractivity (Wildman–Crippen MR) is 147 cm³/mol. The topological polar surface area (TPSA) is 66.8 Å². The first-order chi connectivity index (χ1) is 17.5. The van der Waals surface area contributed by atoms with Gasteiger partial charge in [0.25, 0.3) is 0 Å². The van der Waals surface area contributed by atoms with Gasteiger partial charge in [-0.15, -0.1) is 0 Å². The third-order valence-electron chi connectivity index (χ3n) is 7.96. The van der Waals surface area contributed by atoms with E-state index in [0.717, 1.165) is 31.3 Å². The van der Waals surface area contributed by atoms with E-state index in [-0.39, 0.29) is 12.6 Å². The first-order valence-corrected chi connectivity index (χ1v) is 14.7. The lowest BCUT2D eigenvalue weighted by atomic mass is 10.0. The third kappa shape index (κ3) is 11.9. The van der Waals surface area contributed by atoms with Crippen molar-refractivity contribution in [3.05, 3.63) is 35.9 Å². The zero-order valence-electron chi connectivity index (χ0n) is 23.0. The van der Waals surface area contributed by atoms with Gasteiger partial charge >= 0.3 is 11.9 Å². The minimum atomic E-state index is -0.969. The number of carbonyl (C=O) groups is 2. The first kappa shape index (κ1) is 30.3. The van der Waals surface area contributed by atoms with Crippen molar-refractivity contribution in [3.63, 3.8) is 0 Å². The zero-order valence-corrected chi connectivity index (χ0v) is 23.0. The van der Waals surface area contributed by atoms with Crippen LogP contribution >= 0.6 is 0 Å². The van der Waals surface area contributed by atoms with Crippen LogP contribution < -0.4 is 0 Å². The summed E-state index contributed by atoms with van der Waals surface area (Å²) in [5.74, 6) is -2.07. The molecule has 2 saturated heterocycles. The maximum absolute atomic E-state index is 11.8. The molecule has 0 saturated carbocycles. The average molecular weight is 502 g/mol. The smallest absolute Gasteiger partial charge is 0.314 e. The SMILES string of the molecule is CCCCCCCCCCCCCC(=O)OCC(C(=O)O)c1ccccc1.CN1C2CCCC1CC2. The summed E-state index contributed by atoms with van der Waals surface area (Å²) in [5.41, 5.74) is 0.660. The summed E-state index contributed by atoms with van der Waals surface area (Å²) in [5, 5.41) is 9.33. The van der Waals surface area contributed by atoms with E-state index in [1.807, 2.05) is 6.07 Å². The van der Waals surface area contributed by atoms with Crippen LogP contribution in [0, 0.1) is 0 Å². The quantitative estimate of drug-likeness (QED) is 0.185. The van der Waals surface area contributed by atoms with E-state index in [0.29, 0.717) is 12.0 Å². The van der Waals surface area contributed by atoms with Crippen LogP contribution in [0.3, 0.4) is 0 Å². The molecule has 2 aliphatic heterocycles. The lowest BCUT2D eigenvalue weighted by molar-refractivity contribution is -0.148. The van der Waals surface area contributed by atoms with Crippen LogP contribution in [0.5, 0.6) is 0 Å². The van der Waals surface area contributed by atoms with Gasteiger partial charge in [-0.05, 0) is 44.7 Å². The highest BCUT2D eigenvalue weighted by atomic mass is 16.5. The van der Waals surface area contributed by atoms with Crippen LogP contribution in [0.4, 0.5) is 0 Å². The third-order valence-corrected chi connectivity index (χ3v) is 7.96. The first-order valence-electron chi connectivity index (χ1n) is 14.7. The number of unbranched alkanes of at least 4 members (excludes halogenated alkanes) is 10. The number of piperidine rings is 1.